The van der Waals surface area contributed by atoms with E-state index in [9.17, 15) is 13.2 Å². The fourth-order valence-electron chi connectivity index (χ4n) is 4.80. The van der Waals surface area contributed by atoms with Gasteiger partial charge < -0.3 is 0 Å². The minimum absolute atomic E-state index is 0.189. The third-order valence-electron chi connectivity index (χ3n) is 7.14. The Hall–Kier alpha value is -3.28. The van der Waals surface area contributed by atoms with Crippen molar-refractivity contribution in [3.63, 3.8) is 0 Å². The van der Waals surface area contributed by atoms with Crippen LogP contribution < -0.4 is 0 Å². The lowest BCUT2D eigenvalue weighted by Gasteiger charge is -2.18. The summed E-state index contributed by atoms with van der Waals surface area (Å²) in [5, 5.41) is 0. The predicted molar refractivity (Wildman–Crippen MR) is 162 cm³/mol. The topological polar surface area (TPSA) is 37.6 Å². The number of pyridine rings is 1. The lowest BCUT2D eigenvalue weighted by atomic mass is 9.92. The zero-order valence-electron chi connectivity index (χ0n) is 25.4. The fourth-order valence-corrected chi connectivity index (χ4v) is 4.80. The molecule has 0 aliphatic rings. The van der Waals surface area contributed by atoms with Crippen molar-refractivity contribution in [3.8, 4) is 0 Å². The molecule has 0 saturated carbocycles. The van der Waals surface area contributed by atoms with Gasteiger partial charge in [0.15, 0.2) is 0 Å². The summed E-state index contributed by atoms with van der Waals surface area (Å²) in [6.45, 7) is 20.2. The van der Waals surface area contributed by atoms with Crippen LogP contribution in [0.1, 0.15) is 132 Å². The molecule has 3 rings (SSSR count). The number of benzene rings is 2. The van der Waals surface area contributed by atoms with Crippen LogP contribution in [0.25, 0.3) is 0 Å². The number of nitrogens with zero attached hydrogens (tertiary/aromatic N) is 3. The molecule has 0 atom stereocenters. The van der Waals surface area contributed by atoms with Crippen molar-refractivity contribution in [2.24, 2.45) is 9.98 Å². The van der Waals surface area contributed by atoms with Crippen LogP contribution in [0.4, 0.5) is 24.5 Å². The highest BCUT2D eigenvalue weighted by molar-refractivity contribution is 6.03. The summed E-state index contributed by atoms with van der Waals surface area (Å²) in [5.74, 6) is 0.836. The zero-order chi connectivity index (χ0) is 29.9. The Balaban J connectivity index is 2.26. The highest BCUT2D eigenvalue weighted by Crippen LogP contribution is 2.37. The average Bonchev–Trinajstić information content (AvgIpc) is 2.87. The quantitative estimate of drug-likeness (QED) is 0.258. The van der Waals surface area contributed by atoms with Gasteiger partial charge in [-0.1, -0.05) is 91.8 Å². The summed E-state index contributed by atoms with van der Waals surface area (Å²) < 4.78 is 42.3. The van der Waals surface area contributed by atoms with Crippen LogP contribution in [-0.4, -0.2) is 16.4 Å². The fraction of sp³-hybridized carbons (Fsp3) is 0.441. The molecule has 6 heteroatoms. The van der Waals surface area contributed by atoms with Crippen molar-refractivity contribution >= 4 is 22.8 Å². The molecule has 0 fully saturated rings. The van der Waals surface area contributed by atoms with E-state index in [2.05, 4.69) is 60.4 Å². The Bertz CT molecular complexity index is 1260. The lowest BCUT2D eigenvalue weighted by molar-refractivity contribution is -0.137. The summed E-state index contributed by atoms with van der Waals surface area (Å²) in [4.78, 5) is 14.5. The molecule has 0 unspecified atom stereocenters. The first-order chi connectivity index (χ1) is 18.6. The molecular formula is C34H42F3N3. The molecular weight excluding hydrogens is 507 g/mol. The van der Waals surface area contributed by atoms with Crippen LogP contribution in [0.2, 0.25) is 0 Å². The van der Waals surface area contributed by atoms with Gasteiger partial charge in [-0.25, -0.2) is 4.98 Å². The Morgan fingerprint density at radius 3 is 1.15 bits per heavy atom. The Labute approximate surface area is 237 Å². The van der Waals surface area contributed by atoms with Crippen molar-refractivity contribution in [1.29, 1.82) is 0 Å². The number of alkyl halides is 3. The summed E-state index contributed by atoms with van der Waals surface area (Å²) in [5.41, 5.74) is 6.32. The molecule has 0 bridgehead atoms. The SMILES string of the molecule is CC(=Nc1c(C(C)C)cccc1C(C)C)c1cc(C(F)(F)F)cc(C(C)=Nc2c(C(C)C)cccc2C(C)C)n1. The van der Waals surface area contributed by atoms with Gasteiger partial charge in [0.1, 0.15) is 0 Å². The third-order valence-corrected chi connectivity index (χ3v) is 7.14. The van der Waals surface area contributed by atoms with E-state index >= 15 is 0 Å². The first-order valence-electron chi connectivity index (χ1n) is 14.1. The Kier molecular flexibility index (Phi) is 9.76. The molecule has 2 aromatic carbocycles. The molecule has 0 aliphatic heterocycles. The third kappa shape index (κ3) is 7.07. The van der Waals surface area contributed by atoms with Gasteiger partial charge in [-0.2, -0.15) is 13.2 Å². The van der Waals surface area contributed by atoms with Gasteiger partial charge in [-0.15, -0.1) is 0 Å². The number of aromatic nitrogens is 1. The van der Waals surface area contributed by atoms with Crippen molar-refractivity contribution in [2.75, 3.05) is 0 Å². The van der Waals surface area contributed by atoms with Crippen molar-refractivity contribution < 1.29 is 13.2 Å². The smallest absolute Gasteiger partial charge is 0.251 e. The number of hydrogen-bond acceptors (Lipinski definition) is 3. The van der Waals surface area contributed by atoms with Crippen LogP contribution in [-0.2, 0) is 6.18 Å². The number of hydrogen-bond donors (Lipinski definition) is 0. The van der Waals surface area contributed by atoms with E-state index in [-0.39, 0.29) is 35.1 Å². The molecule has 3 nitrogen and oxygen atoms in total. The van der Waals surface area contributed by atoms with Gasteiger partial charge in [0.2, 0.25) is 0 Å². The van der Waals surface area contributed by atoms with E-state index in [0.29, 0.717) is 11.4 Å². The van der Waals surface area contributed by atoms with Gasteiger partial charge in [-0.05, 0) is 71.9 Å². The van der Waals surface area contributed by atoms with Crippen LogP contribution in [0.5, 0.6) is 0 Å². The molecule has 0 N–H and O–H groups in total. The van der Waals surface area contributed by atoms with Crippen molar-refractivity contribution in [1.82, 2.24) is 4.98 Å². The van der Waals surface area contributed by atoms with Gasteiger partial charge in [0.25, 0.3) is 0 Å². The molecule has 214 valence electrons. The van der Waals surface area contributed by atoms with Crippen LogP contribution >= 0.6 is 0 Å². The van der Waals surface area contributed by atoms with E-state index in [1.807, 2.05) is 36.4 Å². The average molecular weight is 550 g/mol. The van der Waals surface area contributed by atoms with E-state index < -0.39 is 11.7 Å². The van der Waals surface area contributed by atoms with E-state index in [0.717, 1.165) is 45.8 Å². The van der Waals surface area contributed by atoms with Crippen LogP contribution in [0.15, 0.2) is 58.5 Å². The molecule has 0 radical (unpaired) electrons. The van der Waals surface area contributed by atoms with Gasteiger partial charge >= 0.3 is 6.18 Å². The summed E-state index contributed by atoms with van der Waals surface area (Å²) in [6, 6.07) is 14.3. The molecule has 0 spiro atoms. The second-order valence-corrected chi connectivity index (χ2v) is 11.7. The number of para-hydroxylation sites is 2. The maximum Gasteiger partial charge on any atom is 0.416 e. The lowest BCUT2D eigenvalue weighted by Crippen LogP contribution is -2.13. The molecule has 3 aromatic rings. The first-order valence-corrected chi connectivity index (χ1v) is 14.1. The minimum Gasteiger partial charge on any atom is -0.251 e. The molecule has 0 aliphatic carbocycles. The van der Waals surface area contributed by atoms with Gasteiger partial charge in [0.05, 0.1) is 39.7 Å². The molecule has 40 heavy (non-hydrogen) atoms. The van der Waals surface area contributed by atoms with E-state index in [1.165, 1.54) is 0 Å². The first kappa shape index (κ1) is 31.3. The normalized spacial score (nSPS) is 13.3. The maximum atomic E-state index is 14.1. The van der Waals surface area contributed by atoms with Gasteiger partial charge in [0, 0.05) is 0 Å². The largest absolute Gasteiger partial charge is 0.416 e. The number of halogens is 3. The minimum atomic E-state index is -4.54. The Morgan fingerprint density at radius 2 is 0.900 bits per heavy atom. The monoisotopic (exact) mass is 549 g/mol. The van der Waals surface area contributed by atoms with E-state index in [4.69, 9.17) is 9.98 Å². The molecule has 1 heterocycles. The molecule has 0 saturated heterocycles. The number of rotatable bonds is 8. The van der Waals surface area contributed by atoms with Crippen molar-refractivity contribution in [2.45, 2.75) is 99.1 Å². The second-order valence-electron chi connectivity index (χ2n) is 11.7. The number of aliphatic imine (C=N–C) groups is 2. The summed E-state index contributed by atoms with van der Waals surface area (Å²) >= 11 is 0. The van der Waals surface area contributed by atoms with Crippen LogP contribution in [0, 0.1) is 0 Å². The zero-order valence-corrected chi connectivity index (χ0v) is 25.4. The highest BCUT2D eigenvalue weighted by atomic mass is 19.4. The highest BCUT2D eigenvalue weighted by Gasteiger charge is 2.32. The van der Waals surface area contributed by atoms with Crippen molar-refractivity contribution in [3.05, 3.63) is 87.7 Å². The molecule has 0 amide bonds. The summed E-state index contributed by atoms with van der Waals surface area (Å²) in [6.07, 6.45) is -4.54. The molecule has 1 aromatic heterocycles. The Morgan fingerprint density at radius 1 is 0.600 bits per heavy atom. The maximum absolute atomic E-state index is 14.1. The van der Waals surface area contributed by atoms with Crippen LogP contribution in [0.3, 0.4) is 0 Å². The van der Waals surface area contributed by atoms with Gasteiger partial charge in [-0.3, -0.25) is 9.98 Å². The van der Waals surface area contributed by atoms with E-state index in [1.54, 1.807) is 13.8 Å². The predicted octanol–water partition coefficient (Wildman–Crippen LogP) is 10.9. The second kappa shape index (κ2) is 12.5. The standard InChI is InChI=1S/C34H42F3N3/c1-19(2)26-13-11-14-27(20(3)4)32(26)38-23(9)30-17-25(34(35,36)37)18-31(40-30)24(10)39-33-28(21(5)6)15-12-16-29(33)22(7)8/h11-22H,1-10H3. The summed E-state index contributed by atoms with van der Waals surface area (Å²) in [7, 11) is 0.